The van der Waals surface area contributed by atoms with Gasteiger partial charge in [0.1, 0.15) is 18.4 Å². The Hall–Kier alpha value is -3.55. The van der Waals surface area contributed by atoms with Crippen molar-refractivity contribution in [2.75, 3.05) is 0 Å². The van der Waals surface area contributed by atoms with Gasteiger partial charge in [-0.3, -0.25) is 4.79 Å². The van der Waals surface area contributed by atoms with Gasteiger partial charge in [0.05, 0.1) is 5.69 Å². The predicted molar refractivity (Wildman–Crippen MR) is 120 cm³/mol. The lowest BCUT2D eigenvalue weighted by Gasteiger charge is -2.20. The van der Waals surface area contributed by atoms with Gasteiger partial charge in [0, 0.05) is 12.8 Å². The molecule has 0 aliphatic rings. The van der Waals surface area contributed by atoms with E-state index in [9.17, 15) is 14.7 Å². The fourth-order valence-corrected chi connectivity index (χ4v) is 2.92. The number of hydrogen-bond acceptors (Lipinski definition) is 4. The Morgan fingerprint density at radius 1 is 1.10 bits per heavy atom. The van der Waals surface area contributed by atoms with E-state index in [0.29, 0.717) is 18.0 Å². The van der Waals surface area contributed by atoms with Crippen LogP contribution in [0.4, 0.5) is 5.69 Å². The summed E-state index contributed by atoms with van der Waals surface area (Å²) in [6, 6.07) is 13.5. The number of hydrogen-bond donors (Lipinski definition) is 4. The summed E-state index contributed by atoms with van der Waals surface area (Å²) in [5.41, 5.74) is 12.9. The standard InChI is InChI=1S/C23H30N4O4/c1-23(2,3)13-20(28)27-19(21(29)30)12-15-7-9-18(10-8-15)31-14-16-5-4-6-17(11-16)26-22(24)25/h4-11,19H,12-14H2,1-3H3,(H,27,28)(H,29,30)(H4,24,25,26)/t19-/m0/s1. The van der Waals surface area contributed by atoms with E-state index in [1.807, 2.05) is 39.0 Å². The molecule has 0 fully saturated rings. The van der Waals surface area contributed by atoms with Crippen LogP contribution in [-0.2, 0) is 22.6 Å². The Bertz CT molecular complexity index is 929. The molecule has 8 heteroatoms. The van der Waals surface area contributed by atoms with E-state index >= 15 is 0 Å². The highest BCUT2D eigenvalue weighted by Gasteiger charge is 2.23. The Kier molecular flexibility index (Phi) is 8.01. The van der Waals surface area contributed by atoms with E-state index in [4.69, 9.17) is 16.2 Å². The minimum Gasteiger partial charge on any atom is -0.489 e. The number of carboxylic acid groups (broad SMARTS) is 1. The quantitative estimate of drug-likeness (QED) is 0.359. The fraction of sp³-hybridized carbons (Fsp3) is 0.348. The third-order valence-corrected chi connectivity index (χ3v) is 4.26. The average molecular weight is 427 g/mol. The Labute approximate surface area is 182 Å². The van der Waals surface area contributed by atoms with Crippen LogP contribution >= 0.6 is 0 Å². The molecule has 0 bridgehead atoms. The van der Waals surface area contributed by atoms with Gasteiger partial charge in [0.15, 0.2) is 5.96 Å². The Balaban J connectivity index is 1.95. The van der Waals surface area contributed by atoms with Gasteiger partial charge in [0.2, 0.25) is 5.91 Å². The first-order valence-corrected chi connectivity index (χ1v) is 9.94. The van der Waals surface area contributed by atoms with Crippen molar-refractivity contribution in [2.24, 2.45) is 21.9 Å². The number of carbonyl (C=O) groups is 2. The monoisotopic (exact) mass is 426 g/mol. The van der Waals surface area contributed by atoms with Gasteiger partial charge in [-0.1, -0.05) is 45.0 Å². The summed E-state index contributed by atoms with van der Waals surface area (Å²) in [4.78, 5) is 27.7. The zero-order chi connectivity index (χ0) is 23.0. The SMILES string of the molecule is CC(C)(C)CC(=O)N[C@@H](Cc1ccc(OCc2cccc(N=C(N)N)c2)cc1)C(=O)O. The second kappa shape index (κ2) is 10.5. The number of nitrogens with one attached hydrogen (secondary N) is 1. The zero-order valence-electron chi connectivity index (χ0n) is 18.1. The Morgan fingerprint density at radius 3 is 2.35 bits per heavy atom. The van der Waals surface area contributed by atoms with E-state index in [1.165, 1.54) is 0 Å². The molecular weight excluding hydrogens is 396 g/mol. The number of aliphatic carboxylic acids is 1. The molecule has 2 aromatic carbocycles. The van der Waals surface area contributed by atoms with Gasteiger partial charge in [-0.25, -0.2) is 9.79 Å². The summed E-state index contributed by atoms with van der Waals surface area (Å²) in [6.07, 6.45) is 0.444. The van der Waals surface area contributed by atoms with Gasteiger partial charge in [0.25, 0.3) is 0 Å². The van der Waals surface area contributed by atoms with Crippen LogP contribution < -0.4 is 21.5 Å². The summed E-state index contributed by atoms with van der Waals surface area (Å²) in [7, 11) is 0. The van der Waals surface area contributed by atoms with E-state index in [-0.39, 0.29) is 30.1 Å². The topological polar surface area (TPSA) is 140 Å². The molecular formula is C23H30N4O4. The number of ether oxygens (including phenoxy) is 1. The second-order valence-electron chi connectivity index (χ2n) is 8.54. The van der Waals surface area contributed by atoms with Crippen LogP contribution in [0.2, 0.25) is 0 Å². The fourth-order valence-electron chi connectivity index (χ4n) is 2.92. The predicted octanol–water partition coefficient (Wildman–Crippen LogP) is 2.72. The summed E-state index contributed by atoms with van der Waals surface area (Å²) >= 11 is 0. The first-order chi connectivity index (χ1) is 14.5. The van der Waals surface area contributed by atoms with Crippen LogP contribution in [0.15, 0.2) is 53.5 Å². The molecule has 2 aromatic rings. The van der Waals surface area contributed by atoms with Crippen LogP contribution in [0, 0.1) is 5.41 Å². The molecule has 0 aliphatic heterocycles. The zero-order valence-corrected chi connectivity index (χ0v) is 18.1. The molecule has 1 amide bonds. The molecule has 2 rings (SSSR count). The largest absolute Gasteiger partial charge is 0.489 e. The van der Waals surface area contributed by atoms with Crippen LogP contribution in [0.5, 0.6) is 5.75 Å². The lowest BCUT2D eigenvalue weighted by atomic mass is 9.91. The van der Waals surface area contributed by atoms with Crippen LogP contribution in [0.3, 0.4) is 0 Å². The van der Waals surface area contributed by atoms with Crippen molar-refractivity contribution in [3.63, 3.8) is 0 Å². The van der Waals surface area contributed by atoms with E-state index in [2.05, 4.69) is 10.3 Å². The maximum absolute atomic E-state index is 12.1. The lowest BCUT2D eigenvalue weighted by molar-refractivity contribution is -0.142. The van der Waals surface area contributed by atoms with Crippen molar-refractivity contribution >= 4 is 23.5 Å². The highest BCUT2D eigenvalue weighted by atomic mass is 16.5. The van der Waals surface area contributed by atoms with Gasteiger partial charge >= 0.3 is 5.97 Å². The summed E-state index contributed by atoms with van der Waals surface area (Å²) in [6.45, 7) is 6.11. The molecule has 8 nitrogen and oxygen atoms in total. The normalized spacial score (nSPS) is 12.0. The first kappa shape index (κ1) is 23.7. The molecule has 0 aliphatic carbocycles. The smallest absolute Gasteiger partial charge is 0.326 e. The molecule has 0 aromatic heterocycles. The summed E-state index contributed by atoms with van der Waals surface area (Å²) in [5, 5.41) is 12.1. The minimum atomic E-state index is -1.07. The molecule has 0 radical (unpaired) electrons. The van der Waals surface area contributed by atoms with E-state index < -0.39 is 12.0 Å². The van der Waals surface area contributed by atoms with Crippen molar-refractivity contribution < 1.29 is 19.4 Å². The average Bonchev–Trinajstić information content (AvgIpc) is 2.65. The third kappa shape index (κ3) is 8.77. The first-order valence-electron chi connectivity index (χ1n) is 9.94. The number of carboxylic acids is 1. The van der Waals surface area contributed by atoms with Crippen molar-refractivity contribution in [1.82, 2.24) is 5.32 Å². The molecule has 0 saturated heterocycles. The number of guanidine groups is 1. The molecule has 0 spiro atoms. The molecule has 6 N–H and O–H groups in total. The number of rotatable bonds is 9. The van der Waals surface area contributed by atoms with Gasteiger partial charge in [-0.05, 0) is 40.8 Å². The highest BCUT2D eigenvalue weighted by Crippen LogP contribution is 2.20. The maximum atomic E-state index is 12.1. The van der Waals surface area contributed by atoms with Crippen LogP contribution in [0.1, 0.15) is 38.3 Å². The highest BCUT2D eigenvalue weighted by molar-refractivity contribution is 5.84. The summed E-state index contributed by atoms with van der Waals surface area (Å²) in [5.74, 6) is -0.714. The number of nitrogens with zero attached hydrogens (tertiary/aromatic N) is 1. The molecule has 166 valence electrons. The molecule has 0 unspecified atom stereocenters. The molecule has 31 heavy (non-hydrogen) atoms. The van der Waals surface area contributed by atoms with Crippen molar-refractivity contribution in [2.45, 2.75) is 46.3 Å². The van der Waals surface area contributed by atoms with Gasteiger partial charge in [-0.15, -0.1) is 0 Å². The van der Waals surface area contributed by atoms with Crippen molar-refractivity contribution in [3.05, 3.63) is 59.7 Å². The maximum Gasteiger partial charge on any atom is 0.326 e. The van der Waals surface area contributed by atoms with Crippen molar-refractivity contribution in [1.29, 1.82) is 0 Å². The number of amides is 1. The molecule has 0 saturated carbocycles. The number of carbonyl (C=O) groups excluding carboxylic acids is 1. The van der Waals surface area contributed by atoms with Crippen molar-refractivity contribution in [3.8, 4) is 5.75 Å². The van der Waals surface area contributed by atoms with E-state index in [1.54, 1.807) is 30.3 Å². The Morgan fingerprint density at radius 2 is 1.77 bits per heavy atom. The molecule has 1 atom stereocenters. The summed E-state index contributed by atoms with van der Waals surface area (Å²) < 4.78 is 5.78. The van der Waals surface area contributed by atoms with Gasteiger partial charge < -0.3 is 26.6 Å². The minimum absolute atomic E-state index is 0.0112. The lowest BCUT2D eigenvalue weighted by Crippen LogP contribution is -2.43. The third-order valence-electron chi connectivity index (χ3n) is 4.26. The van der Waals surface area contributed by atoms with Gasteiger partial charge in [-0.2, -0.15) is 0 Å². The number of benzene rings is 2. The van der Waals surface area contributed by atoms with Crippen LogP contribution in [0.25, 0.3) is 0 Å². The second-order valence-corrected chi connectivity index (χ2v) is 8.54. The molecule has 0 heterocycles. The van der Waals surface area contributed by atoms with Crippen LogP contribution in [-0.4, -0.2) is 29.0 Å². The number of aliphatic imine (C=N–C) groups is 1. The number of nitrogens with two attached hydrogens (primary N) is 2. The van der Waals surface area contributed by atoms with E-state index in [0.717, 1.165) is 11.1 Å².